The van der Waals surface area contributed by atoms with Gasteiger partial charge in [0.25, 0.3) is 0 Å². The highest BCUT2D eigenvalue weighted by Crippen LogP contribution is 2.49. The van der Waals surface area contributed by atoms with Gasteiger partial charge in [0, 0.05) is 15.5 Å². The molecule has 2 nitrogen and oxygen atoms in total. The second-order valence-electron chi connectivity index (χ2n) is 6.65. The van der Waals surface area contributed by atoms with Crippen LogP contribution < -0.4 is 5.73 Å². The number of fused-ring (bicyclic) bond motifs is 2. The quantitative estimate of drug-likeness (QED) is 0.784. The molecule has 1 atom stereocenters. The molecule has 1 spiro atoms. The number of aliphatic imine (C=N–C) groups is 1. The Bertz CT molecular complexity index is 525. The number of nitrogens with two attached hydrogens (primary N) is 1. The fraction of sp³-hybridized carbons (Fsp3) is 0.667. The monoisotopic (exact) mass is 294 g/mol. The van der Waals surface area contributed by atoms with Gasteiger partial charge < -0.3 is 5.73 Å². The molecule has 4 heteroatoms. The van der Waals surface area contributed by atoms with Crippen LogP contribution in [-0.4, -0.2) is 10.9 Å². The lowest BCUT2D eigenvalue weighted by molar-refractivity contribution is 0.373. The van der Waals surface area contributed by atoms with Gasteiger partial charge in [0.15, 0.2) is 5.17 Å². The third-order valence-electron chi connectivity index (χ3n) is 4.10. The Labute approximate surface area is 123 Å². The van der Waals surface area contributed by atoms with Gasteiger partial charge >= 0.3 is 0 Å². The second-order valence-corrected chi connectivity index (χ2v) is 8.82. The smallest absolute Gasteiger partial charge is 0.154 e. The summed E-state index contributed by atoms with van der Waals surface area (Å²) in [4.78, 5) is 7.88. The molecule has 1 aromatic heterocycles. The maximum Gasteiger partial charge on any atom is 0.154 e. The average molecular weight is 294 g/mol. The molecule has 0 fully saturated rings. The van der Waals surface area contributed by atoms with Crippen molar-refractivity contribution in [3.05, 3.63) is 21.4 Å². The highest BCUT2D eigenvalue weighted by atomic mass is 32.2. The molecule has 3 rings (SSSR count). The molecular weight excluding hydrogens is 272 g/mol. The Morgan fingerprint density at radius 1 is 1.32 bits per heavy atom. The Kier molecular flexibility index (Phi) is 3.21. The van der Waals surface area contributed by atoms with Crippen molar-refractivity contribution in [3.8, 4) is 0 Å². The zero-order chi connectivity index (χ0) is 13.7. The summed E-state index contributed by atoms with van der Waals surface area (Å²) in [5.74, 6) is 1.11. The molecule has 0 saturated heterocycles. The number of hydrogen-bond donors (Lipinski definition) is 1. The van der Waals surface area contributed by atoms with Crippen molar-refractivity contribution in [2.45, 2.75) is 57.4 Å². The van der Waals surface area contributed by atoms with E-state index in [4.69, 9.17) is 10.7 Å². The predicted octanol–water partition coefficient (Wildman–Crippen LogP) is 4.03. The Balaban J connectivity index is 2.10. The fourth-order valence-electron chi connectivity index (χ4n) is 3.03. The first-order valence-electron chi connectivity index (χ1n) is 7.02. The van der Waals surface area contributed by atoms with Gasteiger partial charge in [-0.05, 0) is 42.7 Å². The van der Waals surface area contributed by atoms with Crippen molar-refractivity contribution in [3.63, 3.8) is 0 Å². The van der Waals surface area contributed by atoms with Gasteiger partial charge in [-0.1, -0.05) is 32.5 Å². The van der Waals surface area contributed by atoms with Crippen molar-refractivity contribution < 1.29 is 0 Å². The summed E-state index contributed by atoms with van der Waals surface area (Å²) < 4.78 is 0. The lowest BCUT2D eigenvalue weighted by atomic mass is 9.80. The van der Waals surface area contributed by atoms with Crippen LogP contribution in [-0.2, 0) is 17.4 Å². The topological polar surface area (TPSA) is 38.4 Å². The van der Waals surface area contributed by atoms with Crippen LogP contribution in [0.2, 0.25) is 0 Å². The Morgan fingerprint density at radius 2 is 2.11 bits per heavy atom. The molecule has 104 valence electrons. The molecule has 0 bridgehead atoms. The van der Waals surface area contributed by atoms with Crippen LogP contribution in [0.15, 0.2) is 11.1 Å². The summed E-state index contributed by atoms with van der Waals surface area (Å²) in [5.41, 5.74) is 7.79. The van der Waals surface area contributed by atoms with E-state index in [-0.39, 0.29) is 11.0 Å². The maximum atomic E-state index is 6.01. The van der Waals surface area contributed by atoms with Gasteiger partial charge in [0.05, 0.1) is 5.54 Å². The van der Waals surface area contributed by atoms with E-state index in [1.807, 2.05) is 11.3 Å². The van der Waals surface area contributed by atoms with Crippen molar-refractivity contribution in [2.75, 3.05) is 5.75 Å². The van der Waals surface area contributed by atoms with Crippen LogP contribution in [0.3, 0.4) is 0 Å². The van der Waals surface area contributed by atoms with Gasteiger partial charge in [-0.2, -0.15) is 0 Å². The minimum absolute atomic E-state index is 0.0110. The average Bonchev–Trinajstić information content (AvgIpc) is 2.74. The molecule has 2 N–H and O–H groups in total. The number of thioether (sulfide) groups is 1. The number of nitrogens with zero attached hydrogens (tertiary/aromatic N) is 1. The Hall–Kier alpha value is -0.480. The van der Waals surface area contributed by atoms with E-state index < -0.39 is 0 Å². The minimum atomic E-state index is 0.0110. The first-order chi connectivity index (χ1) is 8.91. The summed E-state index contributed by atoms with van der Waals surface area (Å²) in [5, 5.41) is 0.782. The van der Waals surface area contributed by atoms with E-state index >= 15 is 0 Å². The lowest BCUT2D eigenvalue weighted by Gasteiger charge is -2.36. The minimum Gasteiger partial charge on any atom is -0.379 e. The van der Waals surface area contributed by atoms with E-state index in [0.717, 1.165) is 17.3 Å². The highest BCUT2D eigenvalue weighted by Gasteiger charge is 2.40. The molecule has 0 radical (unpaired) electrons. The first kappa shape index (κ1) is 13.5. The van der Waals surface area contributed by atoms with Crippen LogP contribution >= 0.6 is 23.1 Å². The molecule has 2 aliphatic rings. The van der Waals surface area contributed by atoms with Crippen LogP contribution in [0, 0.1) is 0 Å². The third-order valence-corrected chi connectivity index (χ3v) is 6.69. The fourth-order valence-corrected chi connectivity index (χ4v) is 5.38. The summed E-state index contributed by atoms with van der Waals surface area (Å²) in [6, 6.07) is 2.42. The van der Waals surface area contributed by atoms with Crippen molar-refractivity contribution >= 4 is 28.3 Å². The predicted molar refractivity (Wildman–Crippen MR) is 86.3 cm³/mol. The maximum absolute atomic E-state index is 6.01. The van der Waals surface area contributed by atoms with Gasteiger partial charge in [-0.25, -0.2) is 0 Å². The zero-order valence-electron chi connectivity index (χ0n) is 12.0. The number of amidine groups is 1. The normalized spacial score (nSPS) is 27.2. The summed E-state index contributed by atoms with van der Waals surface area (Å²) in [6.07, 6.45) is 4.78. The van der Waals surface area contributed by atoms with E-state index in [0.29, 0.717) is 0 Å². The van der Waals surface area contributed by atoms with E-state index in [2.05, 4.69) is 26.8 Å². The molecule has 0 aromatic carbocycles. The molecule has 0 saturated carbocycles. The molecule has 19 heavy (non-hydrogen) atoms. The summed E-state index contributed by atoms with van der Waals surface area (Å²) in [6.45, 7) is 6.89. The van der Waals surface area contributed by atoms with E-state index in [1.165, 1.54) is 34.6 Å². The first-order valence-corrected chi connectivity index (χ1v) is 8.83. The van der Waals surface area contributed by atoms with Crippen molar-refractivity contribution in [1.29, 1.82) is 0 Å². The molecular formula is C15H22N2S2. The van der Waals surface area contributed by atoms with E-state index in [1.54, 1.807) is 11.8 Å². The molecule has 1 aliphatic heterocycles. The van der Waals surface area contributed by atoms with Crippen LogP contribution in [0.25, 0.3) is 0 Å². The number of hydrogen-bond acceptors (Lipinski definition) is 4. The van der Waals surface area contributed by atoms with Gasteiger partial charge in [-0.15, -0.1) is 11.3 Å². The molecule has 1 unspecified atom stereocenters. The van der Waals surface area contributed by atoms with Crippen molar-refractivity contribution in [1.82, 2.24) is 0 Å². The van der Waals surface area contributed by atoms with Gasteiger partial charge in [0.1, 0.15) is 0 Å². The summed E-state index contributed by atoms with van der Waals surface area (Å²) >= 11 is 3.68. The molecule has 0 amide bonds. The van der Waals surface area contributed by atoms with Crippen LogP contribution in [0.1, 0.15) is 55.4 Å². The molecule has 1 aliphatic carbocycles. The van der Waals surface area contributed by atoms with Gasteiger partial charge in [-0.3, -0.25) is 4.99 Å². The van der Waals surface area contributed by atoms with Crippen molar-refractivity contribution in [2.24, 2.45) is 10.7 Å². The molecule has 2 heterocycles. The number of rotatable bonds is 0. The number of aryl methyl sites for hydroxylation is 1. The lowest BCUT2D eigenvalue weighted by Crippen LogP contribution is -2.33. The van der Waals surface area contributed by atoms with Crippen LogP contribution in [0.5, 0.6) is 0 Å². The second kappa shape index (κ2) is 4.52. The zero-order valence-corrected chi connectivity index (χ0v) is 13.6. The SMILES string of the molecule is CC(C)(C)c1cc2c(s1)C1(CCC2)CCSC(N)=N1. The van der Waals surface area contributed by atoms with E-state index in [9.17, 15) is 0 Å². The largest absolute Gasteiger partial charge is 0.379 e. The summed E-state index contributed by atoms with van der Waals surface area (Å²) in [7, 11) is 0. The van der Waals surface area contributed by atoms with Crippen LogP contribution in [0.4, 0.5) is 0 Å². The highest BCUT2D eigenvalue weighted by molar-refractivity contribution is 8.13. The third kappa shape index (κ3) is 2.33. The standard InChI is InChI=1S/C15H22N2S2/c1-14(2,3)11-9-10-5-4-6-15(12(10)19-11)7-8-18-13(16)17-15/h9H,4-8H2,1-3H3,(H2,16,17). The van der Waals surface area contributed by atoms with Gasteiger partial charge in [0.2, 0.25) is 0 Å². The molecule has 1 aromatic rings. The Morgan fingerprint density at radius 3 is 2.79 bits per heavy atom. The number of thiophene rings is 1.